The largest absolute Gasteiger partial charge is 0.508 e. The van der Waals surface area contributed by atoms with Crippen LogP contribution >= 0.6 is 0 Å². The van der Waals surface area contributed by atoms with Crippen molar-refractivity contribution >= 4 is 22.1 Å². The summed E-state index contributed by atoms with van der Waals surface area (Å²) in [5.74, 6) is 0.872. The molecule has 5 rings (SSSR count). The number of nitriles is 1. The second-order valence-corrected chi connectivity index (χ2v) is 6.21. The molecule has 0 radical (unpaired) electrons. The molecule has 0 saturated carbocycles. The number of phenols is 1. The second-order valence-electron chi connectivity index (χ2n) is 6.21. The maximum Gasteiger partial charge on any atom is 0.145 e. The lowest BCUT2D eigenvalue weighted by Gasteiger charge is -2.10. The van der Waals surface area contributed by atoms with Gasteiger partial charge in [-0.05, 0) is 42.5 Å². The molecule has 0 aliphatic rings. The van der Waals surface area contributed by atoms with Gasteiger partial charge in [-0.3, -0.25) is 4.57 Å². The number of aromatic nitrogens is 4. The molecule has 0 amide bonds. The highest BCUT2D eigenvalue weighted by Crippen LogP contribution is 2.33. The first kappa shape index (κ1) is 15.2. The minimum absolute atomic E-state index is 0.177. The summed E-state index contributed by atoms with van der Waals surface area (Å²) in [6.45, 7) is 0. The van der Waals surface area contributed by atoms with Crippen LogP contribution in [0.15, 0.2) is 67.0 Å². The SMILES string of the molecule is N#Cc1ccc(-n2c(-c3cccc(O)c3)nc3cnc4[nH]ccc4c32)cc1. The van der Waals surface area contributed by atoms with Crippen LogP contribution in [-0.4, -0.2) is 24.6 Å². The van der Waals surface area contributed by atoms with E-state index in [0.717, 1.165) is 33.3 Å². The van der Waals surface area contributed by atoms with Gasteiger partial charge in [0.1, 0.15) is 22.7 Å². The van der Waals surface area contributed by atoms with Gasteiger partial charge in [-0.25, -0.2) is 9.97 Å². The molecule has 0 unspecified atom stereocenters. The first-order chi connectivity index (χ1) is 13.2. The standard InChI is InChI=1S/C21H13N5O/c22-11-13-4-6-15(7-5-13)26-19-17-8-9-23-20(17)24-12-18(19)25-21(26)14-2-1-3-16(27)10-14/h1-10,12,27H,(H,23,24). The van der Waals surface area contributed by atoms with Gasteiger partial charge in [-0.15, -0.1) is 0 Å². The van der Waals surface area contributed by atoms with E-state index in [1.165, 1.54) is 0 Å². The van der Waals surface area contributed by atoms with E-state index in [9.17, 15) is 5.11 Å². The number of hydrogen-bond acceptors (Lipinski definition) is 4. The van der Waals surface area contributed by atoms with Crippen molar-refractivity contribution in [3.63, 3.8) is 0 Å². The van der Waals surface area contributed by atoms with Crippen LogP contribution in [0.5, 0.6) is 5.75 Å². The third-order valence-electron chi connectivity index (χ3n) is 4.56. The van der Waals surface area contributed by atoms with Crippen molar-refractivity contribution < 1.29 is 5.11 Å². The maximum absolute atomic E-state index is 9.93. The van der Waals surface area contributed by atoms with Crippen LogP contribution < -0.4 is 0 Å². The zero-order chi connectivity index (χ0) is 18.4. The molecule has 0 bridgehead atoms. The van der Waals surface area contributed by atoms with E-state index in [4.69, 9.17) is 10.2 Å². The molecule has 3 heterocycles. The number of fused-ring (bicyclic) bond motifs is 3. The minimum Gasteiger partial charge on any atom is -0.508 e. The number of imidazole rings is 1. The van der Waals surface area contributed by atoms with Crippen LogP contribution in [0.1, 0.15) is 5.56 Å². The van der Waals surface area contributed by atoms with Crippen LogP contribution in [-0.2, 0) is 0 Å². The molecule has 128 valence electrons. The van der Waals surface area contributed by atoms with Crippen molar-refractivity contribution in [3.8, 4) is 28.9 Å². The smallest absolute Gasteiger partial charge is 0.145 e. The summed E-state index contributed by atoms with van der Waals surface area (Å²) >= 11 is 0. The number of aromatic amines is 1. The van der Waals surface area contributed by atoms with E-state index < -0.39 is 0 Å². The summed E-state index contributed by atoms with van der Waals surface area (Å²) in [7, 11) is 0. The topological polar surface area (TPSA) is 90.5 Å². The summed E-state index contributed by atoms with van der Waals surface area (Å²) in [5, 5.41) is 20.0. The fourth-order valence-electron chi connectivity index (χ4n) is 3.35. The van der Waals surface area contributed by atoms with Gasteiger partial charge in [0.2, 0.25) is 0 Å². The number of nitrogens with zero attached hydrogens (tertiary/aromatic N) is 4. The molecule has 0 spiro atoms. The Morgan fingerprint density at radius 1 is 1.07 bits per heavy atom. The predicted molar refractivity (Wildman–Crippen MR) is 103 cm³/mol. The molecule has 3 aromatic heterocycles. The van der Waals surface area contributed by atoms with Gasteiger partial charge < -0.3 is 10.1 Å². The molecule has 0 saturated heterocycles. The molecule has 0 aliphatic carbocycles. The molecule has 0 fully saturated rings. The lowest BCUT2D eigenvalue weighted by atomic mass is 10.1. The third kappa shape index (κ3) is 2.34. The molecule has 0 atom stereocenters. The van der Waals surface area contributed by atoms with Gasteiger partial charge in [-0.2, -0.15) is 5.26 Å². The normalized spacial score (nSPS) is 11.1. The van der Waals surface area contributed by atoms with Crippen LogP contribution in [0.25, 0.3) is 39.1 Å². The van der Waals surface area contributed by atoms with Crippen molar-refractivity contribution in [2.45, 2.75) is 0 Å². The molecular weight excluding hydrogens is 338 g/mol. The summed E-state index contributed by atoms with van der Waals surface area (Å²) in [6, 6.07) is 18.5. The average molecular weight is 351 g/mol. The summed E-state index contributed by atoms with van der Waals surface area (Å²) in [6.07, 6.45) is 3.59. The molecule has 6 nitrogen and oxygen atoms in total. The van der Waals surface area contributed by atoms with Crippen molar-refractivity contribution in [1.29, 1.82) is 5.26 Å². The monoisotopic (exact) mass is 351 g/mol. The first-order valence-corrected chi connectivity index (χ1v) is 8.39. The lowest BCUT2D eigenvalue weighted by molar-refractivity contribution is 0.475. The van der Waals surface area contributed by atoms with E-state index in [1.807, 2.05) is 35.0 Å². The van der Waals surface area contributed by atoms with E-state index >= 15 is 0 Å². The minimum atomic E-state index is 0.177. The lowest BCUT2D eigenvalue weighted by Crippen LogP contribution is -1.98. The average Bonchev–Trinajstić information content (AvgIpc) is 3.32. The second kappa shape index (κ2) is 5.71. The van der Waals surface area contributed by atoms with Gasteiger partial charge in [0, 0.05) is 22.8 Å². The molecular formula is C21H13N5O. The highest BCUT2D eigenvalue weighted by atomic mass is 16.3. The Morgan fingerprint density at radius 3 is 2.70 bits per heavy atom. The van der Waals surface area contributed by atoms with Crippen LogP contribution in [0.4, 0.5) is 0 Å². The quantitative estimate of drug-likeness (QED) is 0.500. The van der Waals surface area contributed by atoms with Gasteiger partial charge in [-0.1, -0.05) is 12.1 Å². The molecule has 27 heavy (non-hydrogen) atoms. The highest BCUT2D eigenvalue weighted by molar-refractivity contribution is 6.03. The van der Waals surface area contributed by atoms with E-state index in [2.05, 4.69) is 16.0 Å². The number of phenolic OH excluding ortho intramolecular Hbond substituents is 1. The van der Waals surface area contributed by atoms with Gasteiger partial charge in [0.25, 0.3) is 0 Å². The molecule has 0 aliphatic heterocycles. The molecule has 2 N–H and O–H groups in total. The highest BCUT2D eigenvalue weighted by Gasteiger charge is 2.18. The maximum atomic E-state index is 9.93. The summed E-state index contributed by atoms with van der Waals surface area (Å²) in [5.41, 5.74) is 4.71. The first-order valence-electron chi connectivity index (χ1n) is 8.39. The van der Waals surface area contributed by atoms with Gasteiger partial charge in [0.15, 0.2) is 0 Å². The Balaban J connectivity index is 1.90. The summed E-state index contributed by atoms with van der Waals surface area (Å²) < 4.78 is 2.03. The Kier molecular flexibility index (Phi) is 3.21. The zero-order valence-electron chi connectivity index (χ0n) is 14.1. The number of H-pyrrole nitrogens is 1. The van der Waals surface area contributed by atoms with E-state index in [-0.39, 0.29) is 5.75 Å². The zero-order valence-corrected chi connectivity index (χ0v) is 14.1. The number of aromatic hydroxyl groups is 1. The Bertz CT molecular complexity index is 1340. The van der Waals surface area contributed by atoms with E-state index in [1.54, 1.807) is 36.5 Å². The van der Waals surface area contributed by atoms with Crippen molar-refractivity contribution in [2.75, 3.05) is 0 Å². The Morgan fingerprint density at radius 2 is 1.93 bits per heavy atom. The number of rotatable bonds is 2. The van der Waals surface area contributed by atoms with E-state index in [0.29, 0.717) is 11.4 Å². The fourth-order valence-corrected chi connectivity index (χ4v) is 3.35. The number of nitrogens with one attached hydrogen (secondary N) is 1. The third-order valence-corrected chi connectivity index (χ3v) is 4.56. The molecule has 5 aromatic rings. The fraction of sp³-hybridized carbons (Fsp3) is 0. The van der Waals surface area contributed by atoms with Crippen LogP contribution in [0.3, 0.4) is 0 Å². The van der Waals surface area contributed by atoms with Crippen LogP contribution in [0, 0.1) is 11.3 Å². The molecule has 2 aromatic carbocycles. The number of benzene rings is 2. The number of hydrogen-bond donors (Lipinski definition) is 2. The van der Waals surface area contributed by atoms with Crippen molar-refractivity contribution in [3.05, 3.63) is 72.6 Å². The summed E-state index contributed by atoms with van der Waals surface area (Å²) in [4.78, 5) is 12.3. The Labute approximate surface area is 154 Å². The Hall–Kier alpha value is -4.11. The predicted octanol–water partition coefficient (Wildman–Crippen LogP) is 4.15. The van der Waals surface area contributed by atoms with Crippen LogP contribution in [0.2, 0.25) is 0 Å². The van der Waals surface area contributed by atoms with Gasteiger partial charge >= 0.3 is 0 Å². The molecule has 6 heteroatoms. The number of pyridine rings is 1. The van der Waals surface area contributed by atoms with Gasteiger partial charge in [0.05, 0.1) is 23.3 Å². The van der Waals surface area contributed by atoms with Crippen molar-refractivity contribution in [1.82, 2.24) is 19.5 Å². The van der Waals surface area contributed by atoms with Crippen molar-refractivity contribution in [2.24, 2.45) is 0 Å².